The van der Waals surface area contributed by atoms with Crippen LogP contribution in [0, 0.1) is 16.7 Å². The van der Waals surface area contributed by atoms with Crippen molar-refractivity contribution in [2.24, 2.45) is 5.41 Å². The number of nitriles is 1. The van der Waals surface area contributed by atoms with Gasteiger partial charge >= 0.3 is 0 Å². The fourth-order valence-electron chi connectivity index (χ4n) is 3.96. The van der Waals surface area contributed by atoms with Crippen molar-refractivity contribution in [3.63, 3.8) is 0 Å². The predicted octanol–water partition coefficient (Wildman–Crippen LogP) is 3.78. The molecule has 1 spiro atoms. The van der Waals surface area contributed by atoms with Crippen molar-refractivity contribution in [3.05, 3.63) is 51.8 Å². The van der Waals surface area contributed by atoms with Crippen LogP contribution in [-0.4, -0.2) is 28.3 Å². The zero-order valence-corrected chi connectivity index (χ0v) is 15.8. The van der Waals surface area contributed by atoms with Crippen LogP contribution in [0.15, 0.2) is 30.3 Å². The fourth-order valence-corrected chi connectivity index (χ4v) is 4.27. The number of amides is 1. The Labute approximate surface area is 166 Å². The van der Waals surface area contributed by atoms with Crippen LogP contribution in [0.4, 0.5) is 0 Å². The zero-order valence-electron chi connectivity index (χ0n) is 14.3. The highest BCUT2D eigenvalue weighted by Gasteiger charge is 2.54. The van der Waals surface area contributed by atoms with Gasteiger partial charge < -0.3 is 10.1 Å². The van der Waals surface area contributed by atoms with Crippen molar-refractivity contribution in [1.29, 1.82) is 5.26 Å². The molecule has 2 fully saturated rings. The molecular weight excluding hydrogens is 387 g/mol. The summed E-state index contributed by atoms with van der Waals surface area (Å²) in [6.07, 6.45) is 3.93. The minimum atomic E-state index is -0.224. The van der Waals surface area contributed by atoms with Crippen molar-refractivity contribution < 1.29 is 9.53 Å². The number of aromatic nitrogens is 2. The number of ether oxygens (including phenoxy) is 1. The van der Waals surface area contributed by atoms with E-state index in [9.17, 15) is 4.79 Å². The Balaban J connectivity index is 1.24. The van der Waals surface area contributed by atoms with Crippen molar-refractivity contribution >= 4 is 29.1 Å². The number of hydrogen-bond acceptors (Lipinski definition) is 5. The van der Waals surface area contributed by atoms with Crippen molar-refractivity contribution in [3.8, 4) is 11.8 Å². The molecule has 0 atom stereocenters. The second-order valence-corrected chi connectivity index (χ2v) is 8.02. The second-order valence-electron chi connectivity index (χ2n) is 7.22. The summed E-state index contributed by atoms with van der Waals surface area (Å²) >= 11 is 11.7. The summed E-state index contributed by atoms with van der Waals surface area (Å²) in [5.74, 6) is 0.461. The third kappa shape index (κ3) is 3.71. The summed E-state index contributed by atoms with van der Waals surface area (Å²) in [5.41, 5.74) is 0.968. The second kappa shape index (κ2) is 6.99. The first-order valence-corrected chi connectivity index (χ1v) is 9.38. The van der Waals surface area contributed by atoms with E-state index in [0.29, 0.717) is 16.3 Å². The number of rotatable bonds is 4. The summed E-state index contributed by atoms with van der Waals surface area (Å²) in [6.45, 7) is 0. The Bertz CT molecular complexity index is 912. The largest absolute Gasteiger partial charge is 0.490 e. The minimum absolute atomic E-state index is 0.146. The molecule has 6 nitrogen and oxygen atoms in total. The number of nitrogens with zero attached hydrogens (tertiary/aromatic N) is 3. The first-order valence-electron chi connectivity index (χ1n) is 8.63. The quantitative estimate of drug-likeness (QED) is 0.840. The molecule has 0 unspecified atom stereocenters. The molecule has 1 amide bonds. The van der Waals surface area contributed by atoms with Gasteiger partial charge in [0.05, 0.1) is 16.7 Å². The van der Waals surface area contributed by atoms with E-state index in [1.807, 2.05) is 6.07 Å². The first kappa shape index (κ1) is 18.0. The summed E-state index contributed by atoms with van der Waals surface area (Å²) in [6, 6.07) is 10.4. The summed E-state index contributed by atoms with van der Waals surface area (Å²) in [4.78, 5) is 12.1. The van der Waals surface area contributed by atoms with E-state index in [-0.39, 0.29) is 34.3 Å². The smallest absolute Gasteiger partial charge is 0.272 e. The molecule has 4 rings (SSSR count). The van der Waals surface area contributed by atoms with E-state index in [2.05, 4.69) is 15.5 Å². The average molecular weight is 403 g/mol. The van der Waals surface area contributed by atoms with Gasteiger partial charge in [-0.3, -0.25) is 4.79 Å². The lowest BCUT2D eigenvalue weighted by atomic mass is 9.53. The topological polar surface area (TPSA) is 87.9 Å². The molecule has 2 saturated carbocycles. The van der Waals surface area contributed by atoms with Crippen LogP contribution >= 0.6 is 23.2 Å². The van der Waals surface area contributed by atoms with Gasteiger partial charge in [0, 0.05) is 12.1 Å². The average Bonchev–Trinajstić information content (AvgIpc) is 2.58. The lowest BCUT2D eigenvalue weighted by molar-refractivity contribution is -0.0833. The molecule has 8 heteroatoms. The summed E-state index contributed by atoms with van der Waals surface area (Å²) < 4.78 is 5.95. The van der Waals surface area contributed by atoms with Crippen molar-refractivity contribution in [2.45, 2.75) is 37.8 Å². The van der Waals surface area contributed by atoms with Gasteiger partial charge in [-0.15, -0.1) is 10.2 Å². The van der Waals surface area contributed by atoms with Crippen LogP contribution in [0.25, 0.3) is 0 Å². The molecular formula is C19H16Cl2N4O2. The molecule has 2 aliphatic rings. The van der Waals surface area contributed by atoms with Crippen molar-refractivity contribution in [1.82, 2.24) is 15.5 Å². The SMILES string of the molecule is N#Cc1ccc(OC2CC3(CC(NC(=O)c4ccc(Cl)nn4)C3)C2)cc1Cl. The molecule has 0 saturated heterocycles. The molecule has 0 radical (unpaired) electrons. The molecule has 27 heavy (non-hydrogen) atoms. The van der Waals surface area contributed by atoms with E-state index in [0.717, 1.165) is 25.7 Å². The van der Waals surface area contributed by atoms with Crippen LogP contribution in [0.3, 0.4) is 0 Å². The van der Waals surface area contributed by atoms with Gasteiger partial charge in [-0.25, -0.2) is 0 Å². The normalized spacial score (nSPS) is 25.8. The van der Waals surface area contributed by atoms with E-state index >= 15 is 0 Å². The first-order chi connectivity index (χ1) is 13.0. The number of nitrogens with one attached hydrogen (secondary N) is 1. The van der Waals surface area contributed by atoms with Gasteiger partial charge in [-0.1, -0.05) is 23.2 Å². The van der Waals surface area contributed by atoms with Gasteiger partial charge in [0.25, 0.3) is 5.91 Å². The monoisotopic (exact) mass is 402 g/mol. The van der Waals surface area contributed by atoms with E-state index < -0.39 is 0 Å². The third-order valence-corrected chi connectivity index (χ3v) is 5.76. The Hall–Kier alpha value is -2.36. The molecule has 1 heterocycles. The number of hydrogen-bond donors (Lipinski definition) is 1. The predicted molar refractivity (Wildman–Crippen MR) is 99.8 cm³/mol. The lowest BCUT2D eigenvalue weighted by Gasteiger charge is -2.57. The molecule has 2 aromatic rings. The van der Waals surface area contributed by atoms with E-state index in [1.54, 1.807) is 30.3 Å². The maximum absolute atomic E-state index is 12.1. The standard InChI is InChI=1S/C19H16Cl2N4O2/c20-15-5-13(2-1-11(15)10-22)27-14-8-19(9-14)6-12(7-19)23-18(26)16-3-4-17(21)25-24-16/h1-5,12,14H,6-9H2,(H,23,26). The molecule has 0 bridgehead atoms. The lowest BCUT2D eigenvalue weighted by Crippen LogP contribution is -2.58. The Morgan fingerprint density at radius 3 is 2.59 bits per heavy atom. The Morgan fingerprint density at radius 2 is 1.96 bits per heavy atom. The maximum Gasteiger partial charge on any atom is 0.272 e. The van der Waals surface area contributed by atoms with Crippen molar-refractivity contribution in [2.75, 3.05) is 0 Å². The molecule has 138 valence electrons. The zero-order chi connectivity index (χ0) is 19.0. The van der Waals surface area contributed by atoms with E-state index in [1.165, 1.54) is 0 Å². The third-order valence-electron chi connectivity index (χ3n) is 5.24. The Kier molecular flexibility index (Phi) is 4.67. The van der Waals surface area contributed by atoms with Gasteiger partial charge in [-0.05, 0) is 55.4 Å². The highest BCUT2D eigenvalue weighted by Crippen LogP contribution is 2.56. The van der Waals surface area contributed by atoms with Crippen LogP contribution < -0.4 is 10.1 Å². The Morgan fingerprint density at radius 1 is 1.19 bits per heavy atom. The maximum atomic E-state index is 12.1. The number of halogens is 2. The minimum Gasteiger partial charge on any atom is -0.490 e. The highest BCUT2D eigenvalue weighted by molar-refractivity contribution is 6.31. The van der Waals surface area contributed by atoms with E-state index in [4.69, 9.17) is 33.2 Å². The number of carbonyl (C=O) groups is 1. The fraction of sp³-hybridized carbons (Fsp3) is 0.368. The van der Waals surface area contributed by atoms with Gasteiger partial charge in [0.1, 0.15) is 11.8 Å². The number of carbonyl (C=O) groups excluding carboxylic acids is 1. The molecule has 1 N–H and O–H groups in total. The van der Waals surface area contributed by atoms with Crippen LogP contribution in [-0.2, 0) is 0 Å². The van der Waals surface area contributed by atoms with Crippen LogP contribution in [0.2, 0.25) is 10.2 Å². The van der Waals surface area contributed by atoms with Gasteiger partial charge in [-0.2, -0.15) is 5.26 Å². The molecule has 0 aliphatic heterocycles. The number of benzene rings is 1. The summed E-state index contributed by atoms with van der Waals surface area (Å²) in [5, 5.41) is 20.0. The van der Waals surface area contributed by atoms with Crippen LogP contribution in [0.5, 0.6) is 5.75 Å². The molecule has 2 aliphatic carbocycles. The van der Waals surface area contributed by atoms with Gasteiger partial charge in [0.15, 0.2) is 10.8 Å². The van der Waals surface area contributed by atoms with Gasteiger partial charge in [0.2, 0.25) is 0 Å². The molecule has 1 aromatic heterocycles. The molecule has 1 aromatic carbocycles. The summed E-state index contributed by atoms with van der Waals surface area (Å²) in [7, 11) is 0. The highest BCUT2D eigenvalue weighted by atomic mass is 35.5. The van der Waals surface area contributed by atoms with Crippen LogP contribution in [0.1, 0.15) is 41.7 Å².